The van der Waals surface area contributed by atoms with Crippen LogP contribution in [0.2, 0.25) is 0 Å². The molecule has 1 atom stereocenters. The second kappa shape index (κ2) is 8.41. The first-order valence-corrected chi connectivity index (χ1v) is 8.44. The van der Waals surface area contributed by atoms with Crippen molar-refractivity contribution in [2.75, 3.05) is 13.1 Å². The van der Waals surface area contributed by atoms with Crippen LogP contribution >= 0.6 is 0 Å². The van der Waals surface area contributed by atoms with E-state index in [2.05, 4.69) is 0 Å². The van der Waals surface area contributed by atoms with Gasteiger partial charge >= 0.3 is 0 Å². The summed E-state index contributed by atoms with van der Waals surface area (Å²) < 4.78 is 19.4. The van der Waals surface area contributed by atoms with Crippen molar-refractivity contribution in [3.05, 3.63) is 35.1 Å². The minimum atomic E-state index is -0.334. The van der Waals surface area contributed by atoms with E-state index >= 15 is 0 Å². The Balaban J connectivity index is 2.15. The van der Waals surface area contributed by atoms with Crippen LogP contribution in [0, 0.1) is 5.82 Å². The van der Waals surface area contributed by atoms with Crippen LogP contribution in [0.3, 0.4) is 0 Å². The van der Waals surface area contributed by atoms with Gasteiger partial charge in [-0.2, -0.15) is 0 Å². The van der Waals surface area contributed by atoms with Crippen molar-refractivity contribution in [3.8, 4) is 0 Å². The van der Waals surface area contributed by atoms with E-state index in [9.17, 15) is 9.18 Å². The molecule has 1 fully saturated rings. The lowest BCUT2D eigenvalue weighted by Gasteiger charge is -2.35. The van der Waals surface area contributed by atoms with E-state index in [1.807, 2.05) is 18.7 Å². The molecular weight excluding hydrogens is 295 g/mol. The second-order valence-electron chi connectivity index (χ2n) is 6.39. The van der Waals surface area contributed by atoms with Crippen LogP contribution in [0.25, 0.3) is 0 Å². The third-order valence-electron chi connectivity index (χ3n) is 4.25. The molecule has 0 bridgehead atoms. The Hall–Kier alpha value is -1.46. The van der Waals surface area contributed by atoms with Gasteiger partial charge in [-0.15, -0.1) is 0 Å². The average Bonchev–Trinajstić information content (AvgIpc) is 2.54. The van der Waals surface area contributed by atoms with Crippen molar-refractivity contribution in [2.45, 2.75) is 58.3 Å². The Bertz CT molecular complexity index is 532. The van der Waals surface area contributed by atoms with Gasteiger partial charge in [-0.3, -0.25) is 4.79 Å². The molecule has 1 aromatic carbocycles. The maximum Gasteiger partial charge on any atom is 0.254 e. The molecule has 0 radical (unpaired) electrons. The molecular formula is C18H27FN2O2. The number of hydrogen-bond donors (Lipinski definition) is 1. The lowest BCUT2D eigenvalue weighted by Crippen LogP contribution is -2.44. The first kappa shape index (κ1) is 17.9. The highest BCUT2D eigenvalue weighted by Crippen LogP contribution is 2.23. The zero-order valence-electron chi connectivity index (χ0n) is 14.1. The summed E-state index contributed by atoms with van der Waals surface area (Å²) in [4.78, 5) is 14.7. The lowest BCUT2D eigenvalue weighted by molar-refractivity contribution is 0.0599. The maximum atomic E-state index is 13.9. The minimum Gasteiger partial charge on any atom is -0.374 e. The van der Waals surface area contributed by atoms with E-state index < -0.39 is 0 Å². The maximum absolute atomic E-state index is 13.9. The molecule has 0 saturated carbocycles. The van der Waals surface area contributed by atoms with Crippen LogP contribution < -0.4 is 5.73 Å². The van der Waals surface area contributed by atoms with Crippen molar-refractivity contribution < 1.29 is 13.9 Å². The highest BCUT2D eigenvalue weighted by Gasteiger charge is 2.27. The predicted octanol–water partition coefficient (Wildman–Crippen LogP) is 3.09. The molecule has 0 aromatic heterocycles. The van der Waals surface area contributed by atoms with Gasteiger partial charge in [0.15, 0.2) is 0 Å². The van der Waals surface area contributed by atoms with Gasteiger partial charge in [0.1, 0.15) is 5.82 Å². The van der Waals surface area contributed by atoms with Crippen molar-refractivity contribution in [1.29, 1.82) is 0 Å². The molecule has 0 spiro atoms. The van der Waals surface area contributed by atoms with Gasteiger partial charge in [-0.05, 0) is 64.3 Å². The molecule has 1 aromatic rings. The second-order valence-corrected chi connectivity index (χ2v) is 6.39. The zero-order valence-corrected chi connectivity index (χ0v) is 14.1. The number of halogens is 1. The Kier molecular flexibility index (Phi) is 6.54. The zero-order chi connectivity index (χ0) is 16.8. The number of hydrogen-bond acceptors (Lipinski definition) is 3. The summed E-state index contributed by atoms with van der Waals surface area (Å²) in [7, 11) is 0. The molecule has 128 valence electrons. The van der Waals surface area contributed by atoms with Crippen LogP contribution in [0.15, 0.2) is 18.2 Å². The highest BCUT2D eigenvalue weighted by molar-refractivity contribution is 5.94. The Morgan fingerprint density at radius 2 is 2.22 bits per heavy atom. The number of ether oxygens (including phenoxy) is 1. The summed E-state index contributed by atoms with van der Waals surface area (Å²) in [6, 6.07) is 4.73. The molecule has 5 heteroatoms. The number of piperidine rings is 1. The Morgan fingerprint density at radius 3 is 2.91 bits per heavy atom. The SMILES string of the molecule is CC(C)OCc1cc(C(=O)N2CCCCC2CCN)ccc1F. The molecule has 2 rings (SSSR count). The van der Waals surface area contributed by atoms with Gasteiger partial charge in [0.2, 0.25) is 0 Å². The van der Waals surface area contributed by atoms with Crippen molar-refractivity contribution >= 4 is 5.91 Å². The van der Waals surface area contributed by atoms with E-state index in [0.717, 1.165) is 32.2 Å². The Morgan fingerprint density at radius 1 is 1.43 bits per heavy atom. The van der Waals surface area contributed by atoms with E-state index in [-0.39, 0.29) is 30.5 Å². The van der Waals surface area contributed by atoms with E-state index in [4.69, 9.17) is 10.5 Å². The first-order valence-electron chi connectivity index (χ1n) is 8.44. The van der Waals surface area contributed by atoms with Gasteiger partial charge in [0.05, 0.1) is 12.7 Å². The normalized spacial score (nSPS) is 18.5. The molecule has 4 nitrogen and oxygen atoms in total. The first-order chi connectivity index (χ1) is 11.0. The largest absolute Gasteiger partial charge is 0.374 e. The Labute approximate surface area is 137 Å². The number of carbonyl (C=O) groups is 1. The van der Waals surface area contributed by atoms with Crippen molar-refractivity contribution in [1.82, 2.24) is 4.90 Å². The minimum absolute atomic E-state index is 0.0183. The topological polar surface area (TPSA) is 55.6 Å². The fraction of sp³-hybridized carbons (Fsp3) is 0.611. The number of rotatable bonds is 6. The molecule has 1 unspecified atom stereocenters. The molecule has 23 heavy (non-hydrogen) atoms. The number of likely N-dealkylation sites (tertiary alicyclic amines) is 1. The van der Waals surface area contributed by atoms with Gasteiger partial charge in [-0.1, -0.05) is 0 Å². The van der Waals surface area contributed by atoms with Crippen LogP contribution in [-0.2, 0) is 11.3 Å². The number of nitrogens with two attached hydrogens (primary N) is 1. The van der Waals surface area contributed by atoms with Crippen LogP contribution in [-0.4, -0.2) is 36.0 Å². The molecule has 1 amide bonds. The van der Waals surface area contributed by atoms with E-state index in [0.29, 0.717) is 17.7 Å². The van der Waals surface area contributed by atoms with Gasteiger partial charge in [0.25, 0.3) is 5.91 Å². The number of amides is 1. The number of nitrogens with zero attached hydrogens (tertiary/aromatic N) is 1. The number of carbonyl (C=O) groups excluding carboxylic acids is 1. The van der Waals surface area contributed by atoms with Crippen LogP contribution in [0.1, 0.15) is 55.5 Å². The summed E-state index contributed by atoms with van der Waals surface area (Å²) >= 11 is 0. The quantitative estimate of drug-likeness (QED) is 0.875. The monoisotopic (exact) mass is 322 g/mol. The highest BCUT2D eigenvalue weighted by atomic mass is 19.1. The van der Waals surface area contributed by atoms with Crippen LogP contribution in [0.5, 0.6) is 0 Å². The number of benzene rings is 1. The summed E-state index contributed by atoms with van der Waals surface area (Å²) in [6.45, 7) is 5.30. The average molecular weight is 322 g/mol. The fourth-order valence-corrected chi connectivity index (χ4v) is 3.00. The standard InChI is InChI=1S/C18H27FN2O2/c1-13(2)23-12-15-11-14(6-7-17(15)19)18(22)21-10-4-3-5-16(21)8-9-20/h6-7,11,13,16H,3-5,8-10,12,20H2,1-2H3. The third-order valence-corrected chi connectivity index (χ3v) is 4.25. The molecule has 1 saturated heterocycles. The fourth-order valence-electron chi connectivity index (χ4n) is 3.00. The third kappa shape index (κ3) is 4.75. The van der Waals surface area contributed by atoms with Crippen molar-refractivity contribution in [2.24, 2.45) is 5.73 Å². The molecule has 0 aliphatic carbocycles. The summed E-state index contributed by atoms with van der Waals surface area (Å²) in [6.07, 6.45) is 3.97. The summed E-state index contributed by atoms with van der Waals surface area (Å²) in [5.41, 5.74) is 6.62. The predicted molar refractivity (Wildman–Crippen MR) is 88.7 cm³/mol. The van der Waals surface area contributed by atoms with E-state index in [1.165, 1.54) is 6.07 Å². The van der Waals surface area contributed by atoms with Crippen molar-refractivity contribution in [3.63, 3.8) is 0 Å². The molecule has 2 N–H and O–H groups in total. The van der Waals surface area contributed by atoms with Gasteiger partial charge in [0, 0.05) is 23.7 Å². The van der Waals surface area contributed by atoms with E-state index in [1.54, 1.807) is 12.1 Å². The smallest absolute Gasteiger partial charge is 0.254 e. The molecule has 1 aliphatic rings. The van der Waals surface area contributed by atoms with Crippen LogP contribution in [0.4, 0.5) is 4.39 Å². The molecule has 1 heterocycles. The molecule has 1 aliphatic heterocycles. The lowest BCUT2D eigenvalue weighted by atomic mass is 9.98. The van der Waals surface area contributed by atoms with Gasteiger partial charge < -0.3 is 15.4 Å². The van der Waals surface area contributed by atoms with Gasteiger partial charge in [-0.25, -0.2) is 4.39 Å². The summed E-state index contributed by atoms with van der Waals surface area (Å²) in [5, 5.41) is 0. The summed E-state index contributed by atoms with van der Waals surface area (Å²) in [5.74, 6) is -0.367.